The molecule has 1 saturated heterocycles. The third-order valence-corrected chi connectivity index (χ3v) is 6.68. The predicted octanol–water partition coefficient (Wildman–Crippen LogP) is -0.00260. The van der Waals surface area contributed by atoms with Crippen molar-refractivity contribution in [1.29, 1.82) is 0 Å². The molecule has 29 heavy (non-hydrogen) atoms. The maximum atomic E-state index is 10.6. The quantitative estimate of drug-likeness (QED) is 0.308. The molecule has 0 saturated carbocycles. The monoisotopic (exact) mass is 425 g/mol. The topological polar surface area (TPSA) is 171 Å². The van der Waals surface area contributed by atoms with E-state index in [0.717, 1.165) is 38.6 Å². The number of aliphatic hydroxyl groups excluding tert-OH is 2. The zero-order valence-electron chi connectivity index (χ0n) is 16.4. The second-order valence-electron chi connectivity index (χ2n) is 7.30. The molecule has 11 heteroatoms. The van der Waals surface area contributed by atoms with Crippen LogP contribution >= 0.6 is 11.8 Å². The number of unbranched alkanes of at least 4 members (excludes halogenated alkanes) is 2. The van der Waals surface area contributed by atoms with Gasteiger partial charge in [0.15, 0.2) is 17.7 Å². The Balaban J connectivity index is 1.62. The lowest BCUT2D eigenvalue weighted by atomic mass is 10.1. The minimum atomic E-state index is -1.09. The maximum Gasteiger partial charge on any atom is 0.167 e. The first-order valence-electron chi connectivity index (χ1n) is 10.0. The van der Waals surface area contributed by atoms with Gasteiger partial charge in [0.2, 0.25) is 0 Å². The molecule has 0 bridgehead atoms. The van der Waals surface area contributed by atoms with Gasteiger partial charge in [-0.1, -0.05) is 12.8 Å². The highest BCUT2D eigenvalue weighted by atomic mass is 32.2. The van der Waals surface area contributed by atoms with Crippen LogP contribution < -0.4 is 17.2 Å². The van der Waals surface area contributed by atoms with Gasteiger partial charge in [0.05, 0.1) is 12.4 Å². The summed E-state index contributed by atoms with van der Waals surface area (Å²) < 4.78 is 7.60. The van der Waals surface area contributed by atoms with Crippen LogP contribution in [-0.4, -0.2) is 72.1 Å². The van der Waals surface area contributed by atoms with E-state index in [1.807, 2.05) is 0 Å². The number of aliphatic hydroxyl groups is 2. The number of hydrogen-bond acceptors (Lipinski definition) is 10. The number of nitrogen functional groups attached to an aromatic ring is 1. The third-order valence-electron chi connectivity index (χ3n) is 5.21. The number of hydrogen-bond donors (Lipinski definition) is 5. The van der Waals surface area contributed by atoms with Gasteiger partial charge in [-0.25, -0.2) is 15.0 Å². The molecule has 0 aromatic carbocycles. The van der Waals surface area contributed by atoms with Crippen molar-refractivity contribution in [3.05, 3.63) is 12.7 Å². The summed E-state index contributed by atoms with van der Waals surface area (Å²) >= 11 is 1.73. The van der Waals surface area contributed by atoms with Crippen LogP contribution in [-0.2, 0) is 4.74 Å². The Bertz CT molecular complexity index is 777. The van der Waals surface area contributed by atoms with Gasteiger partial charge in [0.25, 0.3) is 0 Å². The normalized spacial score (nSPS) is 25.7. The summed E-state index contributed by atoms with van der Waals surface area (Å²) in [5.74, 6) is 0.827. The highest BCUT2D eigenvalue weighted by Crippen LogP contribution is 2.34. The molecule has 10 nitrogen and oxygen atoms in total. The zero-order chi connectivity index (χ0) is 20.8. The minimum absolute atomic E-state index is 0.258. The summed E-state index contributed by atoms with van der Waals surface area (Å²) in [7, 11) is 0. The highest BCUT2D eigenvalue weighted by molar-refractivity contribution is 7.99. The Hall–Kier alpha value is -1.50. The van der Waals surface area contributed by atoms with Crippen LogP contribution in [0.15, 0.2) is 12.7 Å². The molecule has 1 fully saturated rings. The van der Waals surface area contributed by atoms with Crippen LogP contribution in [0.5, 0.6) is 0 Å². The summed E-state index contributed by atoms with van der Waals surface area (Å²) in [6.07, 6.45) is 4.68. The second kappa shape index (κ2) is 10.5. The van der Waals surface area contributed by atoms with E-state index in [9.17, 15) is 10.2 Å². The molecule has 3 heterocycles. The lowest BCUT2D eigenvalue weighted by molar-refractivity contribution is -0.0289. The van der Waals surface area contributed by atoms with Crippen molar-refractivity contribution < 1.29 is 14.9 Å². The van der Waals surface area contributed by atoms with Crippen LogP contribution in [0.2, 0.25) is 0 Å². The van der Waals surface area contributed by atoms with Crippen molar-refractivity contribution in [3.63, 3.8) is 0 Å². The first-order valence-corrected chi connectivity index (χ1v) is 11.1. The number of aromatic nitrogens is 4. The summed E-state index contributed by atoms with van der Waals surface area (Å²) in [5.41, 5.74) is 18.0. The molecule has 3 rings (SSSR count). The van der Waals surface area contributed by atoms with Crippen LogP contribution in [0.25, 0.3) is 11.2 Å². The number of ether oxygens (including phenoxy) is 1. The predicted molar refractivity (Wildman–Crippen MR) is 113 cm³/mol. The first kappa shape index (κ1) is 22.2. The largest absolute Gasteiger partial charge is 0.387 e. The van der Waals surface area contributed by atoms with E-state index in [-0.39, 0.29) is 5.82 Å². The first-order chi connectivity index (χ1) is 14.1. The van der Waals surface area contributed by atoms with Crippen molar-refractivity contribution in [3.8, 4) is 0 Å². The van der Waals surface area contributed by atoms with Crippen molar-refractivity contribution in [1.82, 2.24) is 19.5 Å². The zero-order valence-corrected chi connectivity index (χ0v) is 17.2. The van der Waals surface area contributed by atoms with Crippen LogP contribution in [0.4, 0.5) is 5.82 Å². The van der Waals surface area contributed by atoms with E-state index in [1.54, 1.807) is 16.3 Å². The van der Waals surface area contributed by atoms with Gasteiger partial charge in [0.1, 0.15) is 24.1 Å². The molecule has 0 spiro atoms. The number of anilines is 1. The molecule has 8 N–H and O–H groups in total. The molecular formula is C18H31N7O3S. The number of rotatable bonds is 11. The van der Waals surface area contributed by atoms with Gasteiger partial charge in [-0.05, 0) is 32.4 Å². The van der Waals surface area contributed by atoms with E-state index in [4.69, 9.17) is 21.9 Å². The van der Waals surface area contributed by atoms with Crippen molar-refractivity contribution in [2.75, 3.05) is 24.6 Å². The number of nitrogens with zero attached hydrogens (tertiary/aromatic N) is 4. The van der Waals surface area contributed by atoms with Crippen molar-refractivity contribution in [2.45, 2.75) is 61.9 Å². The fourth-order valence-electron chi connectivity index (χ4n) is 3.57. The molecular weight excluding hydrogens is 394 g/mol. The lowest BCUT2D eigenvalue weighted by Crippen LogP contribution is -2.33. The average molecular weight is 426 g/mol. The Kier molecular flexibility index (Phi) is 8.04. The molecule has 162 valence electrons. The van der Waals surface area contributed by atoms with Gasteiger partial charge < -0.3 is 32.2 Å². The summed E-state index contributed by atoms with van der Waals surface area (Å²) in [4.78, 5) is 12.3. The van der Waals surface area contributed by atoms with Crippen LogP contribution in [0.1, 0.15) is 38.3 Å². The van der Waals surface area contributed by atoms with Gasteiger partial charge in [-0.15, -0.1) is 0 Å². The van der Waals surface area contributed by atoms with Gasteiger partial charge in [-0.2, -0.15) is 11.8 Å². The number of fused-ring (bicyclic) bond motifs is 1. The average Bonchev–Trinajstić information content (AvgIpc) is 3.26. The minimum Gasteiger partial charge on any atom is -0.387 e. The molecule has 0 radical (unpaired) electrons. The second-order valence-corrected chi connectivity index (χ2v) is 8.63. The Labute approximate surface area is 174 Å². The van der Waals surface area contributed by atoms with Crippen molar-refractivity contribution in [2.24, 2.45) is 11.5 Å². The van der Waals surface area contributed by atoms with Gasteiger partial charge in [0, 0.05) is 11.0 Å². The van der Waals surface area contributed by atoms with E-state index in [0.29, 0.717) is 28.7 Å². The number of nitrogens with two attached hydrogens (primary N) is 3. The van der Waals surface area contributed by atoms with Crippen LogP contribution in [0.3, 0.4) is 0 Å². The number of thioether (sulfide) groups is 1. The van der Waals surface area contributed by atoms with E-state index >= 15 is 0 Å². The standard InChI is InChI=1S/C18H31N7O3S/c19-6-3-1-2-4-11(5-7-20)29-8-12-14(26)15(27)18(28-12)25-10-24-13-16(21)22-9-23-17(13)25/h9-12,14-15,18,26-27H,1-8,19-20H2,(H2,21,22,23)/t11-,12-,14+,15-,18-/m0/s1. The lowest BCUT2D eigenvalue weighted by Gasteiger charge is -2.20. The summed E-state index contributed by atoms with van der Waals surface area (Å²) in [6.45, 7) is 1.34. The molecule has 0 aliphatic carbocycles. The Morgan fingerprint density at radius 1 is 1.07 bits per heavy atom. The third kappa shape index (κ3) is 5.16. The fourth-order valence-corrected chi connectivity index (χ4v) is 4.95. The van der Waals surface area contributed by atoms with Gasteiger partial charge in [-0.3, -0.25) is 4.57 Å². The molecule has 1 aliphatic rings. The highest BCUT2D eigenvalue weighted by Gasteiger charge is 2.44. The molecule has 5 atom stereocenters. The number of imidazole rings is 1. The fraction of sp³-hybridized carbons (Fsp3) is 0.722. The van der Waals surface area contributed by atoms with Gasteiger partial charge >= 0.3 is 0 Å². The van der Waals surface area contributed by atoms with E-state index < -0.39 is 24.5 Å². The van der Waals surface area contributed by atoms with Crippen molar-refractivity contribution >= 4 is 28.7 Å². The van der Waals surface area contributed by atoms with E-state index in [2.05, 4.69) is 15.0 Å². The SMILES string of the molecule is NCCCCC[C@@H](CCN)SC[C@@H]1O[C@H](n2cnc3c(N)ncnc32)[C@@H](O)[C@@H]1O. The summed E-state index contributed by atoms with van der Waals surface area (Å²) in [6, 6.07) is 0. The van der Waals surface area contributed by atoms with Crippen LogP contribution in [0, 0.1) is 0 Å². The summed E-state index contributed by atoms with van der Waals surface area (Å²) in [5, 5.41) is 21.5. The maximum absolute atomic E-state index is 10.6. The molecule has 0 unspecified atom stereocenters. The van der Waals surface area contributed by atoms with E-state index in [1.165, 1.54) is 12.7 Å². The molecule has 2 aromatic heterocycles. The molecule has 2 aromatic rings. The Morgan fingerprint density at radius 2 is 1.90 bits per heavy atom. The Morgan fingerprint density at radius 3 is 2.66 bits per heavy atom. The molecule has 1 aliphatic heterocycles. The smallest absolute Gasteiger partial charge is 0.167 e. The molecule has 0 amide bonds.